The standard InChI is InChI=1S/C17H27N3O2S/c1-4-7-18-17(21)14(2)19(3)13-15(16-6-5-12-23-16)20-8-10-22-11-9-20/h4-6,12,14-15H,1,7-11,13H2,2-3H3,(H,18,21)/t14-,15+/m0/s1. The number of ether oxygens (including phenoxy) is 1. The third-order valence-corrected chi connectivity index (χ3v) is 5.25. The van der Waals surface area contributed by atoms with Crippen LogP contribution in [0.25, 0.3) is 0 Å². The van der Waals surface area contributed by atoms with E-state index in [-0.39, 0.29) is 11.9 Å². The second-order valence-electron chi connectivity index (χ2n) is 5.83. The molecule has 2 rings (SSSR count). The summed E-state index contributed by atoms with van der Waals surface area (Å²) < 4.78 is 5.48. The monoisotopic (exact) mass is 337 g/mol. The van der Waals surface area contributed by atoms with Crippen molar-refractivity contribution >= 4 is 17.2 Å². The van der Waals surface area contributed by atoms with Crippen LogP contribution in [-0.4, -0.2) is 68.2 Å². The van der Waals surface area contributed by atoms with E-state index >= 15 is 0 Å². The minimum atomic E-state index is -0.168. The van der Waals surface area contributed by atoms with Crippen LogP contribution in [0.5, 0.6) is 0 Å². The Morgan fingerprint density at radius 1 is 1.57 bits per heavy atom. The highest BCUT2D eigenvalue weighted by atomic mass is 32.1. The molecule has 0 bridgehead atoms. The Bertz CT molecular complexity index is 486. The van der Waals surface area contributed by atoms with Gasteiger partial charge in [0.25, 0.3) is 0 Å². The molecule has 0 saturated carbocycles. The van der Waals surface area contributed by atoms with Gasteiger partial charge in [-0.05, 0) is 25.4 Å². The van der Waals surface area contributed by atoms with Gasteiger partial charge in [0.05, 0.1) is 25.3 Å². The Hall–Kier alpha value is -1.21. The van der Waals surface area contributed by atoms with Crippen molar-refractivity contribution in [3.05, 3.63) is 35.0 Å². The number of thiophene rings is 1. The number of hydrogen-bond donors (Lipinski definition) is 1. The minimum absolute atomic E-state index is 0.0410. The summed E-state index contributed by atoms with van der Waals surface area (Å²) in [5.74, 6) is 0.0410. The second kappa shape index (κ2) is 9.17. The van der Waals surface area contributed by atoms with Gasteiger partial charge in [0.1, 0.15) is 0 Å². The highest BCUT2D eigenvalue weighted by Gasteiger charge is 2.27. The van der Waals surface area contributed by atoms with Gasteiger partial charge in [-0.2, -0.15) is 0 Å². The van der Waals surface area contributed by atoms with Gasteiger partial charge < -0.3 is 10.1 Å². The summed E-state index contributed by atoms with van der Waals surface area (Å²) in [4.78, 5) is 18.1. The molecule has 1 amide bonds. The SMILES string of the molecule is C=CCNC(=O)[C@H](C)N(C)C[C@H](c1cccs1)N1CCOCC1. The molecule has 0 aliphatic carbocycles. The molecular weight excluding hydrogens is 310 g/mol. The molecule has 0 unspecified atom stereocenters. The number of rotatable bonds is 8. The quantitative estimate of drug-likeness (QED) is 0.734. The summed E-state index contributed by atoms with van der Waals surface area (Å²) in [6.45, 7) is 10.3. The van der Waals surface area contributed by atoms with Crippen molar-refractivity contribution < 1.29 is 9.53 Å². The molecule has 2 heterocycles. The summed E-state index contributed by atoms with van der Waals surface area (Å²) in [5.41, 5.74) is 0. The number of carbonyl (C=O) groups is 1. The molecule has 1 aliphatic heterocycles. The molecule has 1 fully saturated rings. The Labute approximate surface area is 142 Å². The average molecular weight is 337 g/mol. The fraction of sp³-hybridized carbons (Fsp3) is 0.588. The van der Waals surface area contributed by atoms with Gasteiger partial charge in [-0.1, -0.05) is 12.1 Å². The molecule has 0 spiro atoms. The molecule has 2 atom stereocenters. The number of likely N-dealkylation sites (N-methyl/N-ethyl adjacent to an activating group) is 1. The summed E-state index contributed by atoms with van der Waals surface area (Å²) in [7, 11) is 2.01. The molecule has 128 valence electrons. The van der Waals surface area contributed by atoms with E-state index in [0.717, 1.165) is 32.8 Å². The van der Waals surface area contributed by atoms with Gasteiger partial charge in [-0.15, -0.1) is 17.9 Å². The number of nitrogens with zero attached hydrogens (tertiary/aromatic N) is 2. The predicted octanol–water partition coefficient (Wildman–Crippen LogP) is 1.74. The molecule has 1 saturated heterocycles. The first kappa shape index (κ1) is 18.1. The molecular formula is C17H27N3O2S. The van der Waals surface area contributed by atoms with Gasteiger partial charge >= 0.3 is 0 Å². The lowest BCUT2D eigenvalue weighted by molar-refractivity contribution is -0.125. The van der Waals surface area contributed by atoms with Crippen LogP contribution in [0.1, 0.15) is 17.8 Å². The van der Waals surface area contributed by atoms with Crippen LogP contribution >= 0.6 is 11.3 Å². The van der Waals surface area contributed by atoms with Gasteiger partial charge in [-0.3, -0.25) is 14.6 Å². The predicted molar refractivity (Wildman–Crippen MR) is 94.8 cm³/mol. The van der Waals surface area contributed by atoms with E-state index in [9.17, 15) is 4.79 Å². The van der Waals surface area contributed by atoms with E-state index in [1.165, 1.54) is 4.88 Å². The Morgan fingerprint density at radius 3 is 2.91 bits per heavy atom. The Balaban J connectivity index is 2.01. The lowest BCUT2D eigenvalue weighted by Crippen LogP contribution is -2.48. The van der Waals surface area contributed by atoms with Crippen molar-refractivity contribution in [2.75, 3.05) is 46.4 Å². The van der Waals surface area contributed by atoms with E-state index in [2.05, 4.69) is 39.2 Å². The molecule has 0 radical (unpaired) electrons. The second-order valence-corrected chi connectivity index (χ2v) is 6.81. The first-order chi connectivity index (χ1) is 11.1. The van der Waals surface area contributed by atoms with Crippen molar-refractivity contribution in [2.24, 2.45) is 0 Å². The van der Waals surface area contributed by atoms with Crippen LogP contribution in [0.15, 0.2) is 30.2 Å². The zero-order valence-corrected chi connectivity index (χ0v) is 14.8. The normalized spacial score (nSPS) is 18.6. The number of carbonyl (C=O) groups excluding carboxylic acids is 1. The maximum atomic E-state index is 12.2. The van der Waals surface area contributed by atoms with Gasteiger partial charge in [0, 0.05) is 31.1 Å². The van der Waals surface area contributed by atoms with Crippen LogP contribution < -0.4 is 5.32 Å². The summed E-state index contributed by atoms with van der Waals surface area (Å²) in [6, 6.07) is 4.41. The fourth-order valence-corrected chi connectivity index (χ4v) is 3.56. The molecule has 23 heavy (non-hydrogen) atoms. The summed E-state index contributed by atoms with van der Waals surface area (Å²) >= 11 is 1.78. The van der Waals surface area contributed by atoms with E-state index in [0.29, 0.717) is 12.6 Å². The van der Waals surface area contributed by atoms with Crippen LogP contribution in [0.2, 0.25) is 0 Å². The van der Waals surface area contributed by atoms with E-state index in [1.807, 2.05) is 14.0 Å². The number of amides is 1. The van der Waals surface area contributed by atoms with Crippen LogP contribution in [0.3, 0.4) is 0 Å². The molecule has 1 aromatic rings. The first-order valence-electron chi connectivity index (χ1n) is 8.07. The van der Waals surface area contributed by atoms with Crippen molar-refractivity contribution in [3.63, 3.8) is 0 Å². The van der Waals surface area contributed by atoms with Crippen molar-refractivity contribution in [2.45, 2.75) is 19.0 Å². The van der Waals surface area contributed by atoms with Gasteiger partial charge in [0.2, 0.25) is 5.91 Å². The van der Waals surface area contributed by atoms with Crippen LogP contribution in [0, 0.1) is 0 Å². The molecule has 6 heteroatoms. The van der Waals surface area contributed by atoms with Crippen molar-refractivity contribution in [1.29, 1.82) is 0 Å². The Morgan fingerprint density at radius 2 is 2.30 bits per heavy atom. The first-order valence-corrected chi connectivity index (χ1v) is 8.95. The number of nitrogens with one attached hydrogen (secondary N) is 1. The van der Waals surface area contributed by atoms with Crippen molar-refractivity contribution in [3.8, 4) is 0 Å². The minimum Gasteiger partial charge on any atom is -0.379 e. The zero-order chi connectivity index (χ0) is 16.7. The molecule has 1 aromatic heterocycles. The fourth-order valence-electron chi connectivity index (χ4n) is 2.71. The van der Waals surface area contributed by atoms with E-state index in [4.69, 9.17) is 4.74 Å². The van der Waals surface area contributed by atoms with Crippen LogP contribution in [0.4, 0.5) is 0 Å². The molecule has 0 aromatic carbocycles. The van der Waals surface area contributed by atoms with E-state index < -0.39 is 0 Å². The molecule has 1 N–H and O–H groups in total. The lowest BCUT2D eigenvalue weighted by Gasteiger charge is -2.37. The number of hydrogen-bond acceptors (Lipinski definition) is 5. The summed E-state index contributed by atoms with van der Waals surface area (Å²) in [6.07, 6.45) is 1.70. The Kier molecular flexibility index (Phi) is 7.23. The average Bonchev–Trinajstić information content (AvgIpc) is 3.11. The molecule has 5 nitrogen and oxygen atoms in total. The largest absolute Gasteiger partial charge is 0.379 e. The van der Waals surface area contributed by atoms with Gasteiger partial charge in [-0.25, -0.2) is 0 Å². The third kappa shape index (κ3) is 5.14. The smallest absolute Gasteiger partial charge is 0.237 e. The zero-order valence-electron chi connectivity index (χ0n) is 14.0. The summed E-state index contributed by atoms with van der Waals surface area (Å²) in [5, 5.41) is 4.98. The highest BCUT2D eigenvalue weighted by molar-refractivity contribution is 7.10. The number of morpholine rings is 1. The lowest BCUT2D eigenvalue weighted by atomic mass is 10.1. The van der Waals surface area contributed by atoms with Crippen molar-refractivity contribution in [1.82, 2.24) is 15.1 Å². The van der Waals surface area contributed by atoms with E-state index in [1.54, 1.807) is 17.4 Å². The highest BCUT2D eigenvalue weighted by Crippen LogP contribution is 2.27. The third-order valence-electron chi connectivity index (χ3n) is 4.28. The molecule has 1 aliphatic rings. The maximum absolute atomic E-state index is 12.2. The van der Waals surface area contributed by atoms with Crippen LogP contribution in [-0.2, 0) is 9.53 Å². The van der Waals surface area contributed by atoms with Gasteiger partial charge in [0.15, 0.2) is 0 Å². The topological polar surface area (TPSA) is 44.8 Å². The maximum Gasteiger partial charge on any atom is 0.237 e.